The van der Waals surface area contributed by atoms with Crippen molar-refractivity contribution in [2.24, 2.45) is 0 Å². The third kappa shape index (κ3) is 4.20. The molecule has 0 atom stereocenters. The molecule has 1 aromatic carbocycles. The van der Waals surface area contributed by atoms with Gasteiger partial charge in [-0.3, -0.25) is 4.79 Å². The van der Waals surface area contributed by atoms with Gasteiger partial charge in [0.15, 0.2) is 0 Å². The minimum absolute atomic E-state index is 0.0580. The van der Waals surface area contributed by atoms with E-state index in [0.29, 0.717) is 5.02 Å². The van der Waals surface area contributed by atoms with Gasteiger partial charge in [0.1, 0.15) is 0 Å². The van der Waals surface area contributed by atoms with E-state index < -0.39 is 0 Å². The Balaban J connectivity index is 2.06. The van der Waals surface area contributed by atoms with E-state index in [1.54, 1.807) is 17.4 Å². The van der Waals surface area contributed by atoms with Gasteiger partial charge in [0, 0.05) is 27.4 Å². The number of carbonyl (C=O) groups is 1. The van der Waals surface area contributed by atoms with Gasteiger partial charge in [-0.25, -0.2) is 0 Å². The molecule has 2 rings (SSSR count). The van der Waals surface area contributed by atoms with Crippen LogP contribution in [-0.2, 0) is 4.79 Å². The van der Waals surface area contributed by atoms with E-state index >= 15 is 0 Å². The maximum Gasteiger partial charge on any atom is 0.244 e. The SMILES string of the molecule is O=C(/C=C/c1ccc(-c2cccc(Cl)c2)s1)NCCO. The Kier molecular flexibility index (Phi) is 5.35. The van der Waals surface area contributed by atoms with Gasteiger partial charge < -0.3 is 10.4 Å². The summed E-state index contributed by atoms with van der Waals surface area (Å²) in [5.74, 6) is -0.211. The monoisotopic (exact) mass is 307 g/mol. The highest BCUT2D eigenvalue weighted by Gasteiger charge is 2.02. The van der Waals surface area contributed by atoms with Crippen LogP contribution in [0.5, 0.6) is 0 Å². The summed E-state index contributed by atoms with van der Waals surface area (Å²) in [6.45, 7) is 0.207. The van der Waals surface area contributed by atoms with Crippen molar-refractivity contribution in [1.29, 1.82) is 0 Å². The lowest BCUT2D eigenvalue weighted by Crippen LogP contribution is -2.24. The van der Waals surface area contributed by atoms with E-state index in [9.17, 15) is 4.79 Å². The molecule has 0 saturated carbocycles. The van der Waals surface area contributed by atoms with Crippen molar-refractivity contribution in [3.8, 4) is 10.4 Å². The van der Waals surface area contributed by atoms with Crippen molar-refractivity contribution < 1.29 is 9.90 Å². The molecule has 0 spiro atoms. The second-order valence-electron chi connectivity index (χ2n) is 4.06. The number of amides is 1. The molecule has 0 unspecified atom stereocenters. The summed E-state index contributed by atoms with van der Waals surface area (Å²) >= 11 is 7.56. The van der Waals surface area contributed by atoms with Crippen molar-refractivity contribution in [3.63, 3.8) is 0 Å². The lowest BCUT2D eigenvalue weighted by Gasteiger charge is -1.97. The summed E-state index contributed by atoms with van der Waals surface area (Å²) in [7, 11) is 0. The Morgan fingerprint density at radius 1 is 1.35 bits per heavy atom. The fourth-order valence-electron chi connectivity index (χ4n) is 1.64. The average molecular weight is 308 g/mol. The van der Waals surface area contributed by atoms with E-state index in [-0.39, 0.29) is 19.1 Å². The van der Waals surface area contributed by atoms with Crippen molar-refractivity contribution in [1.82, 2.24) is 5.32 Å². The molecule has 1 aromatic heterocycles. The number of thiophene rings is 1. The number of aliphatic hydroxyl groups excluding tert-OH is 1. The van der Waals surface area contributed by atoms with Gasteiger partial charge in [0.2, 0.25) is 5.91 Å². The standard InChI is InChI=1S/C15H14ClNO2S/c16-12-3-1-2-11(10-12)14-6-4-13(20-14)5-7-15(19)17-8-9-18/h1-7,10,18H,8-9H2,(H,17,19)/b7-5+. The molecule has 5 heteroatoms. The number of hydrogen-bond donors (Lipinski definition) is 2. The van der Waals surface area contributed by atoms with E-state index in [4.69, 9.17) is 16.7 Å². The third-order valence-electron chi connectivity index (χ3n) is 2.55. The maximum absolute atomic E-state index is 11.4. The molecular formula is C15H14ClNO2S. The van der Waals surface area contributed by atoms with E-state index in [2.05, 4.69) is 5.32 Å². The summed E-state index contributed by atoms with van der Waals surface area (Å²) < 4.78 is 0. The predicted molar refractivity (Wildman–Crippen MR) is 83.9 cm³/mol. The van der Waals surface area contributed by atoms with E-state index in [1.807, 2.05) is 36.4 Å². The summed E-state index contributed by atoms with van der Waals surface area (Å²) in [6.07, 6.45) is 3.22. The van der Waals surface area contributed by atoms with E-state index in [1.165, 1.54) is 6.08 Å². The van der Waals surface area contributed by atoms with Crippen LogP contribution in [0.15, 0.2) is 42.5 Å². The average Bonchev–Trinajstić information content (AvgIpc) is 2.92. The van der Waals surface area contributed by atoms with Gasteiger partial charge in [-0.2, -0.15) is 0 Å². The number of aliphatic hydroxyl groups is 1. The molecule has 0 aliphatic rings. The number of nitrogens with one attached hydrogen (secondary N) is 1. The van der Waals surface area contributed by atoms with Gasteiger partial charge in [-0.15, -0.1) is 11.3 Å². The zero-order valence-corrected chi connectivity index (χ0v) is 12.2. The zero-order chi connectivity index (χ0) is 14.4. The summed E-state index contributed by atoms with van der Waals surface area (Å²) in [5.41, 5.74) is 1.06. The highest BCUT2D eigenvalue weighted by molar-refractivity contribution is 7.16. The molecular weight excluding hydrogens is 294 g/mol. The normalized spacial score (nSPS) is 10.9. The smallest absolute Gasteiger partial charge is 0.244 e. The molecule has 2 aromatic rings. The Labute approximate surface area is 126 Å². The zero-order valence-electron chi connectivity index (χ0n) is 10.7. The lowest BCUT2D eigenvalue weighted by molar-refractivity contribution is -0.116. The lowest BCUT2D eigenvalue weighted by atomic mass is 10.2. The minimum Gasteiger partial charge on any atom is -0.395 e. The molecule has 0 aliphatic heterocycles. The summed E-state index contributed by atoms with van der Waals surface area (Å²) in [6, 6.07) is 11.6. The van der Waals surface area contributed by atoms with Crippen LogP contribution < -0.4 is 5.32 Å². The molecule has 104 valence electrons. The summed E-state index contributed by atoms with van der Waals surface area (Å²) in [4.78, 5) is 13.5. The van der Waals surface area contributed by atoms with Gasteiger partial charge in [-0.05, 0) is 35.9 Å². The molecule has 20 heavy (non-hydrogen) atoms. The van der Waals surface area contributed by atoms with Crippen LogP contribution in [0.2, 0.25) is 5.02 Å². The molecule has 0 radical (unpaired) electrons. The number of carbonyl (C=O) groups excluding carboxylic acids is 1. The Hall–Kier alpha value is -1.62. The Bertz CT molecular complexity index is 622. The number of benzene rings is 1. The van der Waals surface area contributed by atoms with Crippen LogP contribution in [0, 0.1) is 0 Å². The van der Waals surface area contributed by atoms with Crippen LogP contribution in [0.1, 0.15) is 4.88 Å². The topological polar surface area (TPSA) is 49.3 Å². The first-order chi connectivity index (χ1) is 9.69. The third-order valence-corrected chi connectivity index (χ3v) is 3.88. The second kappa shape index (κ2) is 7.24. The van der Waals surface area contributed by atoms with Gasteiger partial charge >= 0.3 is 0 Å². The first kappa shape index (κ1) is 14.8. The highest BCUT2D eigenvalue weighted by Crippen LogP contribution is 2.30. The quantitative estimate of drug-likeness (QED) is 0.834. The first-order valence-corrected chi connectivity index (χ1v) is 7.31. The van der Waals surface area contributed by atoms with Gasteiger partial charge in [0.25, 0.3) is 0 Å². The molecule has 3 nitrogen and oxygen atoms in total. The second-order valence-corrected chi connectivity index (χ2v) is 5.61. The number of halogens is 1. The predicted octanol–water partition coefficient (Wildman–Crippen LogP) is 3.19. The molecule has 1 heterocycles. The van der Waals surface area contributed by atoms with Gasteiger partial charge in [-0.1, -0.05) is 23.7 Å². The fraction of sp³-hybridized carbons (Fsp3) is 0.133. The van der Waals surface area contributed by atoms with Crippen molar-refractivity contribution in [2.75, 3.05) is 13.2 Å². The van der Waals surface area contributed by atoms with Crippen molar-refractivity contribution in [3.05, 3.63) is 52.4 Å². The number of rotatable bonds is 5. The highest BCUT2D eigenvalue weighted by atomic mass is 35.5. The van der Waals surface area contributed by atoms with Crippen molar-refractivity contribution in [2.45, 2.75) is 0 Å². The molecule has 0 saturated heterocycles. The molecule has 0 aliphatic carbocycles. The first-order valence-electron chi connectivity index (χ1n) is 6.11. The van der Waals surface area contributed by atoms with Crippen LogP contribution >= 0.6 is 22.9 Å². The summed E-state index contributed by atoms with van der Waals surface area (Å²) in [5, 5.41) is 11.9. The molecule has 0 fully saturated rings. The fourth-order valence-corrected chi connectivity index (χ4v) is 2.73. The largest absolute Gasteiger partial charge is 0.395 e. The van der Waals surface area contributed by atoms with E-state index in [0.717, 1.165) is 15.3 Å². The minimum atomic E-state index is -0.211. The van der Waals surface area contributed by atoms with Crippen LogP contribution in [0.3, 0.4) is 0 Å². The van der Waals surface area contributed by atoms with Crippen LogP contribution in [0.25, 0.3) is 16.5 Å². The van der Waals surface area contributed by atoms with Crippen LogP contribution in [-0.4, -0.2) is 24.2 Å². The Morgan fingerprint density at radius 3 is 2.95 bits per heavy atom. The molecule has 0 bridgehead atoms. The number of hydrogen-bond acceptors (Lipinski definition) is 3. The molecule has 1 amide bonds. The van der Waals surface area contributed by atoms with Crippen LogP contribution in [0.4, 0.5) is 0 Å². The van der Waals surface area contributed by atoms with Crippen molar-refractivity contribution >= 4 is 34.9 Å². The molecule has 2 N–H and O–H groups in total. The van der Waals surface area contributed by atoms with Gasteiger partial charge in [0.05, 0.1) is 6.61 Å². The Morgan fingerprint density at radius 2 is 2.20 bits per heavy atom. The maximum atomic E-state index is 11.4.